The van der Waals surface area contributed by atoms with Gasteiger partial charge in [0.2, 0.25) is 0 Å². The summed E-state index contributed by atoms with van der Waals surface area (Å²) in [5.41, 5.74) is 0.0572. The summed E-state index contributed by atoms with van der Waals surface area (Å²) in [7, 11) is 0. The first-order valence-electron chi connectivity index (χ1n) is 8.34. The van der Waals surface area contributed by atoms with E-state index in [1.165, 1.54) is 50.3 Å². The average molecular weight is 322 g/mol. The lowest BCUT2D eigenvalue weighted by atomic mass is 9.97. The van der Waals surface area contributed by atoms with E-state index in [1.807, 2.05) is 5.32 Å². The van der Waals surface area contributed by atoms with Gasteiger partial charge in [0, 0.05) is 0 Å². The van der Waals surface area contributed by atoms with Crippen LogP contribution in [0.15, 0.2) is 24.3 Å². The van der Waals surface area contributed by atoms with Gasteiger partial charge in [0.25, 0.3) is 5.91 Å². The first-order valence-corrected chi connectivity index (χ1v) is 8.34. The Bertz CT molecular complexity index is 528. The average Bonchev–Trinajstić information content (AvgIpc) is 2.48. The minimum absolute atomic E-state index is 0.0572. The molecule has 23 heavy (non-hydrogen) atoms. The van der Waals surface area contributed by atoms with E-state index in [2.05, 4.69) is 10.6 Å². The molecule has 6 heteroatoms. The van der Waals surface area contributed by atoms with Crippen molar-refractivity contribution in [2.24, 2.45) is 0 Å². The molecule has 126 valence electrons. The fourth-order valence-corrected chi connectivity index (χ4v) is 2.89. The number of nitrogens with two attached hydrogens (primary N) is 1. The fraction of sp³-hybridized carbons (Fsp3) is 0.529. The highest BCUT2D eigenvalue weighted by Crippen LogP contribution is 2.15. The van der Waals surface area contributed by atoms with Crippen LogP contribution < -0.4 is 16.0 Å². The monoisotopic (exact) mass is 322 g/mol. The molecule has 5 nitrogen and oxygen atoms in total. The van der Waals surface area contributed by atoms with Crippen molar-refractivity contribution < 1.29 is 19.3 Å². The van der Waals surface area contributed by atoms with Gasteiger partial charge >= 0.3 is 6.03 Å². The van der Waals surface area contributed by atoms with Gasteiger partial charge in [0.1, 0.15) is 5.82 Å². The Morgan fingerprint density at radius 1 is 1.09 bits per heavy atom. The number of benzene rings is 1. The quantitative estimate of drug-likeness (QED) is 0.794. The molecule has 0 spiro atoms. The highest BCUT2D eigenvalue weighted by molar-refractivity contribution is 6.01. The first-order chi connectivity index (χ1) is 11.1. The lowest BCUT2D eigenvalue weighted by Gasteiger charge is -2.17. The van der Waals surface area contributed by atoms with E-state index in [0.29, 0.717) is 6.04 Å². The molecule has 0 saturated heterocycles. The summed E-state index contributed by atoms with van der Waals surface area (Å²) in [4.78, 5) is 23.5. The molecular weight excluding hydrogens is 297 g/mol. The molecule has 0 unspecified atom stereocenters. The van der Waals surface area contributed by atoms with Crippen molar-refractivity contribution in [1.29, 1.82) is 0 Å². The maximum Gasteiger partial charge on any atom is 0.326 e. The lowest BCUT2D eigenvalue weighted by molar-refractivity contribution is -0.680. The molecule has 0 radical (unpaired) electrons. The lowest BCUT2D eigenvalue weighted by Crippen LogP contribution is -2.92. The van der Waals surface area contributed by atoms with Crippen molar-refractivity contribution in [3.63, 3.8) is 0 Å². The molecule has 1 aromatic rings. The van der Waals surface area contributed by atoms with Gasteiger partial charge < -0.3 is 10.6 Å². The van der Waals surface area contributed by atoms with Crippen LogP contribution >= 0.6 is 0 Å². The number of rotatable bonds is 4. The SMILES string of the molecule is O=C(C[NH2+]C1CCCCCCC1)NC(=O)Nc1ccccc1F. The second-order valence-corrected chi connectivity index (χ2v) is 6.03. The fourth-order valence-electron chi connectivity index (χ4n) is 2.89. The zero-order valence-electron chi connectivity index (χ0n) is 13.3. The molecular formula is C17H25FN3O2+. The number of carbonyl (C=O) groups is 2. The van der Waals surface area contributed by atoms with Crippen LogP contribution in [0.2, 0.25) is 0 Å². The van der Waals surface area contributed by atoms with Gasteiger partial charge in [-0.05, 0) is 37.8 Å². The Kier molecular flexibility index (Phi) is 7.00. The number of carbonyl (C=O) groups excluding carboxylic acids is 2. The molecule has 0 bridgehead atoms. The van der Waals surface area contributed by atoms with E-state index in [1.54, 1.807) is 6.07 Å². The predicted octanol–water partition coefficient (Wildman–Crippen LogP) is 2.15. The first kappa shape index (κ1) is 17.4. The van der Waals surface area contributed by atoms with Crippen molar-refractivity contribution in [1.82, 2.24) is 5.32 Å². The summed E-state index contributed by atoms with van der Waals surface area (Å²) in [5.74, 6) is -0.892. The standard InChI is InChI=1S/C17H24FN3O2/c18-14-10-6-7-11-15(14)20-17(23)21-16(22)12-19-13-8-4-2-1-3-5-9-13/h6-7,10-11,13,19H,1-5,8-9,12H2,(H2,20,21,22,23)/p+1. The van der Waals surface area contributed by atoms with Crippen LogP contribution in [-0.4, -0.2) is 24.5 Å². The topological polar surface area (TPSA) is 74.8 Å². The normalized spacial score (nSPS) is 16.2. The smallest absolute Gasteiger partial charge is 0.326 e. The Morgan fingerprint density at radius 3 is 2.43 bits per heavy atom. The van der Waals surface area contributed by atoms with Crippen molar-refractivity contribution >= 4 is 17.6 Å². The summed E-state index contributed by atoms with van der Waals surface area (Å²) in [6.45, 7) is 0.218. The number of nitrogens with one attached hydrogen (secondary N) is 2. The molecule has 1 fully saturated rings. The van der Waals surface area contributed by atoms with Crippen molar-refractivity contribution in [3.8, 4) is 0 Å². The third kappa shape index (κ3) is 6.36. The molecule has 1 aliphatic rings. The van der Waals surface area contributed by atoms with Crippen LogP contribution in [0.1, 0.15) is 44.9 Å². The van der Waals surface area contributed by atoms with Gasteiger partial charge in [0.15, 0.2) is 6.54 Å². The molecule has 3 amide bonds. The van der Waals surface area contributed by atoms with Crippen LogP contribution in [0, 0.1) is 5.82 Å². The van der Waals surface area contributed by atoms with E-state index in [4.69, 9.17) is 0 Å². The Hall–Kier alpha value is -1.95. The van der Waals surface area contributed by atoms with Crippen LogP contribution in [0.25, 0.3) is 0 Å². The number of imide groups is 1. The molecule has 1 saturated carbocycles. The second-order valence-electron chi connectivity index (χ2n) is 6.03. The highest BCUT2D eigenvalue weighted by atomic mass is 19.1. The van der Waals surface area contributed by atoms with Gasteiger partial charge in [-0.15, -0.1) is 0 Å². The Labute approximate surface area is 136 Å². The van der Waals surface area contributed by atoms with Crippen molar-refractivity contribution in [3.05, 3.63) is 30.1 Å². The van der Waals surface area contributed by atoms with E-state index in [0.717, 1.165) is 12.8 Å². The number of hydrogen-bond acceptors (Lipinski definition) is 2. The Balaban J connectivity index is 1.71. The molecule has 0 aromatic heterocycles. The van der Waals surface area contributed by atoms with E-state index in [9.17, 15) is 14.0 Å². The van der Waals surface area contributed by atoms with Gasteiger partial charge in [-0.3, -0.25) is 10.1 Å². The largest absolute Gasteiger partial charge is 0.336 e. The number of quaternary nitrogens is 1. The number of urea groups is 1. The number of hydrogen-bond donors (Lipinski definition) is 3. The van der Waals surface area contributed by atoms with Gasteiger partial charge in [-0.2, -0.15) is 0 Å². The number of amides is 3. The van der Waals surface area contributed by atoms with Gasteiger partial charge in [-0.25, -0.2) is 9.18 Å². The molecule has 0 heterocycles. The maximum atomic E-state index is 13.4. The minimum atomic E-state index is -0.703. The van der Waals surface area contributed by atoms with Crippen LogP contribution in [0.4, 0.5) is 14.9 Å². The molecule has 2 rings (SSSR count). The van der Waals surface area contributed by atoms with Crippen molar-refractivity contribution in [2.45, 2.75) is 51.0 Å². The molecule has 4 N–H and O–H groups in total. The van der Waals surface area contributed by atoms with E-state index < -0.39 is 11.8 Å². The third-order valence-corrected chi connectivity index (χ3v) is 4.16. The minimum Gasteiger partial charge on any atom is -0.336 e. The molecule has 1 aromatic carbocycles. The summed E-state index contributed by atoms with van der Waals surface area (Å²) in [5, 5.41) is 6.58. The summed E-state index contributed by atoms with van der Waals surface area (Å²) >= 11 is 0. The molecule has 0 atom stereocenters. The van der Waals surface area contributed by atoms with Gasteiger partial charge in [0.05, 0.1) is 11.7 Å². The van der Waals surface area contributed by atoms with Crippen LogP contribution in [-0.2, 0) is 4.79 Å². The van der Waals surface area contributed by atoms with Crippen LogP contribution in [0.3, 0.4) is 0 Å². The molecule has 0 aliphatic heterocycles. The number of halogens is 1. The van der Waals surface area contributed by atoms with E-state index in [-0.39, 0.29) is 18.1 Å². The molecule has 1 aliphatic carbocycles. The Morgan fingerprint density at radius 2 is 1.74 bits per heavy atom. The number of anilines is 1. The predicted molar refractivity (Wildman–Crippen MR) is 86.5 cm³/mol. The van der Waals surface area contributed by atoms with E-state index >= 15 is 0 Å². The highest BCUT2D eigenvalue weighted by Gasteiger charge is 2.17. The van der Waals surface area contributed by atoms with Crippen LogP contribution in [0.5, 0.6) is 0 Å². The zero-order valence-corrected chi connectivity index (χ0v) is 13.3. The third-order valence-electron chi connectivity index (χ3n) is 4.16. The van der Waals surface area contributed by atoms with Crippen molar-refractivity contribution in [2.75, 3.05) is 11.9 Å². The summed E-state index contributed by atoms with van der Waals surface area (Å²) in [6, 6.07) is 5.60. The van der Waals surface area contributed by atoms with Gasteiger partial charge in [-0.1, -0.05) is 31.4 Å². The zero-order chi connectivity index (χ0) is 16.5. The maximum absolute atomic E-state index is 13.4. The second kappa shape index (κ2) is 9.25. The summed E-state index contributed by atoms with van der Waals surface area (Å²) < 4.78 is 13.4. The number of para-hydroxylation sites is 1. The summed E-state index contributed by atoms with van der Waals surface area (Å²) in [6.07, 6.45) is 8.49.